The number of aryl methyl sites for hydroxylation is 1. The van der Waals surface area contributed by atoms with Gasteiger partial charge in [-0.2, -0.15) is 0 Å². The van der Waals surface area contributed by atoms with Crippen LogP contribution in [0, 0.1) is 6.92 Å². The largest absolute Gasteiger partial charge is 0.481 e. The molecule has 1 aliphatic rings. The lowest BCUT2D eigenvalue weighted by Gasteiger charge is -2.34. The molecule has 0 aromatic heterocycles. The molecular formula is C19H24N4O7. The summed E-state index contributed by atoms with van der Waals surface area (Å²) >= 11 is 0. The van der Waals surface area contributed by atoms with E-state index in [0.717, 1.165) is 5.56 Å². The van der Waals surface area contributed by atoms with Gasteiger partial charge >= 0.3 is 5.97 Å². The Morgan fingerprint density at radius 1 is 1.27 bits per heavy atom. The summed E-state index contributed by atoms with van der Waals surface area (Å²) in [6.07, 6.45) is -0.573. The molecule has 30 heavy (non-hydrogen) atoms. The standard InChI is InChI=1S/C19H24N4O7/c1-9-4-6-13-12(8-9)23-18(29)19(3,30-13)17(28)21-10(2)16(27)22-11(15(20)26)5-7-14(24)25/h4,6,8,10-11H,5,7H2,1-3H3,(H2,20,26)(H,21,28)(H,22,27)(H,23,29)(H,24,25)/t10-,11+,19?/m0/s1. The molecule has 0 saturated heterocycles. The van der Waals surface area contributed by atoms with Gasteiger partial charge in [0.15, 0.2) is 0 Å². The number of nitrogens with one attached hydrogen (secondary N) is 3. The second kappa shape index (κ2) is 8.80. The fourth-order valence-electron chi connectivity index (χ4n) is 2.74. The number of ether oxygens (including phenoxy) is 1. The molecule has 1 heterocycles. The quantitative estimate of drug-likeness (QED) is 0.349. The van der Waals surface area contributed by atoms with Crippen molar-refractivity contribution >= 4 is 35.3 Å². The van der Waals surface area contributed by atoms with Crippen LogP contribution in [0.4, 0.5) is 5.69 Å². The van der Waals surface area contributed by atoms with Gasteiger partial charge in [0.1, 0.15) is 17.8 Å². The number of primary amides is 1. The van der Waals surface area contributed by atoms with Gasteiger partial charge in [-0.05, 0) is 44.9 Å². The minimum absolute atomic E-state index is 0.198. The predicted molar refractivity (Wildman–Crippen MR) is 104 cm³/mol. The second-order valence-electron chi connectivity index (χ2n) is 7.18. The van der Waals surface area contributed by atoms with Gasteiger partial charge in [0, 0.05) is 6.42 Å². The molecule has 1 aromatic rings. The normalized spacial score (nSPS) is 19.4. The number of rotatable bonds is 8. The lowest BCUT2D eigenvalue weighted by atomic mass is 10.0. The van der Waals surface area contributed by atoms with Crippen LogP contribution in [0.25, 0.3) is 0 Å². The Balaban J connectivity index is 2.05. The zero-order valence-electron chi connectivity index (χ0n) is 16.8. The Morgan fingerprint density at radius 2 is 1.93 bits per heavy atom. The van der Waals surface area contributed by atoms with Crippen molar-refractivity contribution in [1.82, 2.24) is 10.6 Å². The van der Waals surface area contributed by atoms with E-state index in [1.165, 1.54) is 13.8 Å². The SMILES string of the molecule is Cc1ccc2c(c1)NC(=O)C(C)(C(=O)N[C@@H](C)C(=O)N[C@H](CCC(=O)O)C(N)=O)O2. The van der Waals surface area contributed by atoms with Crippen LogP contribution < -0.4 is 26.4 Å². The molecule has 11 nitrogen and oxygen atoms in total. The highest BCUT2D eigenvalue weighted by Gasteiger charge is 2.48. The van der Waals surface area contributed by atoms with E-state index >= 15 is 0 Å². The summed E-state index contributed by atoms with van der Waals surface area (Å²) in [5, 5.41) is 16.0. The minimum atomic E-state index is -1.93. The Morgan fingerprint density at radius 3 is 2.53 bits per heavy atom. The Labute approximate surface area is 172 Å². The molecule has 6 N–H and O–H groups in total. The number of hydrogen-bond donors (Lipinski definition) is 5. The Kier molecular flexibility index (Phi) is 6.65. The summed E-state index contributed by atoms with van der Waals surface area (Å²) in [6, 6.07) is 2.70. The van der Waals surface area contributed by atoms with Gasteiger partial charge in [0.2, 0.25) is 11.8 Å². The first-order chi connectivity index (χ1) is 13.9. The van der Waals surface area contributed by atoms with Crippen molar-refractivity contribution in [1.29, 1.82) is 0 Å². The van der Waals surface area contributed by atoms with Crippen LogP contribution in [0.1, 0.15) is 32.3 Å². The minimum Gasteiger partial charge on any atom is -0.481 e. The number of amides is 4. The molecule has 2 rings (SSSR count). The molecule has 1 aromatic carbocycles. The van der Waals surface area contributed by atoms with Crippen molar-refractivity contribution in [3.8, 4) is 5.75 Å². The highest BCUT2D eigenvalue weighted by Crippen LogP contribution is 2.34. The van der Waals surface area contributed by atoms with Gasteiger partial charge in [0.25, 0.3) is 17.4 Å². The van der Waals surface area contributed by atoms with E-state index in [2.05, 4.69) is 16.0 Å². The van der Waals surface area contributed by atoms with E-state index < -0.39 is 47.3 Å². The summed E-state index contributed by atoms with van der Waals surface area (Å²) in [7, 11) is 0. The first-order valence-electron chi connectivity index (χ1n) is 9.17. The van der Waals surface area contributed by atoms with Crippen LogP contribution in [-0.4, -0.2) is 52.4 Å². The molecule has 0 fully saturated rings. The summed E-state index contributed by atoms with van der Waals surface area (Å²) in [5.74, 6) is -4.10. The molecule has 0 spiro atoms. The number of nitrogens with two attached hydrogens (primary N) is 1. The maximum absolute atomic E-state index is 12.7. The van der Waals surface area contributed by atoms with E-state index in [4.69, 9.17) is 15.6 Å². The average Bonchev–Trinajstić information content (AvgIpc) is 2.65. The first kappa shape index (κ1) is 22.7. The van der Waals surface area contributed by atoms with Gasteiger partial charge < -0.3 is 31.5 Å². The maximum atomic E-state index is 12.7. The van der Waals surface area contributed by atoms with Crippen molar-refractivity contribution in [2.45, 2.75) is 51.3 Å². The second-order valence-corrected chi connectivity index (χ2v) is 7.18. The van der Waals surface area contributed by atoms with Gasteiger partial charge in [-0.15, -0.1) is 0 Å². The van der Waals surface area contributed by atoms with Crippen LogP contribution in [0.5, 0.6) is 5.75 Å². The third kappa shape index (κ3) is 5.04. The van der Waals surface area contributed by atoms with Gasteiger partial charge in [0.05, 0.1) is 5.69 Å². The zero-order chi connectivity index (χ0) is 22.6. The molecule has 0 bridgehead atoms. The maximum Gasteiger partial charge on any atom is 0.303 e. The third-order valence-corrected chi connectivity index (χ3v) is 4.61. The molecule has 0 radical (unpaired) electrons. The lowest BCUT2D eigenvalue weighted by Crippen LogP contribution is -2.62. The number of carbonyl (C=O) groups is 5. The van der Waals surface area contributed by atoms with Crippen LogP contribution in [0.15, 0.2) is 18.2 Å². The first-order valence-corrected chi connectivity index (χ1v) is 9.17. The number of hydrogen-bond acceptors (Lipinski definition) is 6. The van der Waals surface area contributed by atoms with E-state index in [-0.39, 0.29) is 12.8 Å². The monoisotopic (exact) mass is 420 g/mol. The zero-order valence-corrected chi connectivity index (χ0v) is 16.8. The average molecular weight is 420 g/mol. The van der Waals surface area contributed by atoms with Gasteiger partial charge in [-0.25, -0.2) is 0 Å². The van der Waals surface area contributed by atoms with Crippen LogP contribution in [0.3, 0.4) is 0 Å². The van der Waals surface area contributed by atoms with Crippen molar-refractivity contribution < 1.29 is 33.8 Å². The lowest BCUT2D eigenvalue weighted by molar-refractivity contribution is -0.148. The number of aliphatic carboxylic acids is 1. The number of fused-ring (bicyclic) bond motifs is 1. The van der Waals surface area contributed by atoms with E-state index in [9.17, 15) is 24.0 Å². The molecule has 3 atom stereocenters. The highest BCUT2D eigenvalue weighted by molar-refractivity contribution is 6.16. The van der Waals surface area contributed by atoms with Crippen LogP contribution in [-0.2, 0) is 24.0 Å². The number of carbonyl (C=O) groups excluding carboxylic acids is 4. The van der Waals surface area contributed by atoms with Crippen LogP contribution >= 0.6 is 0 Å². The topological polar surface area (TPSA) is 177 Å². The van der Waals surface area contributed by atoms with E-state index in [0.29, 0.717) is 11.4 Å². The predicted octanol–water partition coefficient (Wildman–Crippen LogP) is -0.576. The van der Waals surface area contributed by atoms with E-state index in [1.807, 2.05) is 6.92 Å². The number of carboxylic acid groups (broad SMARTS) is 1. The molecule has 0 saturated carbocycles. The smallest absolute Gasteiger partial charge is 0.303 e. The fraction of sp³-hybridized carbons (Fsp3) is 0.421. The van der Waals surface area contributed by atoms with Gasteiger partial charge in [-0.1, -0.05) is 6.07 Å². The molecule has 4 amide bonds. The van der Waals surface area contributed by atoms with Crippen molar-refractivity contribution in [3.63, 3.8) is 0 Å². The highest BCUT2D eigenvalue weighted by atomic mass is 16.5. The van der Waals surface area contributed by atoms with Crippen molar-refractivity contribution in [2.24, 2.45) is 5.73 Å². The fourth-order valence-corrected chi connectivity index (χ4v) is 2.74. The number of anilines is 1. The molecular weight excluding hydrogens is 396 g/mol. The number of benzene rings is 1. The van der Waals surface area contributed by atoms with E-state index in [1.54, 1.807) is 18.2 Å². The summed E-state index contributed by atoms with van der Waals surface area (Å²) in [4.78, 5) is 59.6. The Bertz CT molecular complexity index is 901. The molecule has 11 heteroatoms. The molecule has 162 valence electrons. The third-order valence-electron chi connectivity index (χ3n) is 4.61. The summed E-state index contributed by atoms with van der Waals surface area (Å²) in [5.41, 5.74) is 4.57. The number of carboxylic acids is 1. The van der Waals surface area contributed by atoms with Crippen molar-refractivity contribution in [2.75, 3.05) is 5.32 Å². The Hall–Kier alpha value is -3.63. The van der Waals surface area contributed by atoms with Crippen molar-refractivity contribution in [3.05, 3.63) is 23.8 Å². The van der Waals surface area contributed by atoms with Gasteiger partial charge in [-0.3, -0.25) is 24.0 Å². The molecule has 1 unspecified atom stereocenters. The summed E-state index contributed by atoms with van der Waals surface area (Å²) in [6.45, 7) is 4.44. The summed E-state index contributed by atoms with van der Waals surface area (Å²) < 4.78 is 5.62. The van der Waals surface area contributed by atoms with Crippen LogP contribution in [0.2, 0.25) is 0 Å². The molecule has 0 aliphatic carbocycles. The molecule has 1 aliphatic heterocycles.